The van der Waals surface area contributed by atoms with Gasteiger partial charge in [0.2, 0.25) is 0 Å². The summed E-state index contributed by atoms with van der Waals surface area (Å²) in [7, 11) is 1.31. The number of anilines is 1. The molecule has 0 aliphatic rings. The van der Waals surface area contributed by atoms with Gasteiger partial charge in [-0.1, -0.05) is 0 Å². The van der Waals surface area contributed by atoms with E-state index in [9.17, 15) is 13.2 Å². The van der Waals surface area contributed by atoms with Gasteiger partial charge < -0.3 is 10.2 Å². The number of methoxy groups -OCH3 is 1. The molecule has 4 nitrogen and oxygen atoms in total. The zero-order chi connectivity index (χ0) is 13.3. The SMILES string of the molecule is COc1cc2c(NN)cc(C(F)F)nc2cc1F. The number of nitrogens with one attached hydrogen (secondary N) is 1. The number of benzene rings is 1. The Kier molecular flexibility index (Phi) is 3.24. The number of fused-ring (bicyclic) bond motifs is 1. The second kappa shape index (κ2) is 4.69. The summed E-state index contributed by atoms with van der Waals surface area (Å²) in [5.41, 5.74) is 2.13. The van der Waals surface area contributed by atoms with Crippen LogP contribution in [0.4, 0.5) is 18.9 Å². The maximum atomic E-state index is 13.5. The van der Waals surface area contributed by atoms with Crippen molar-refractivity contribution in [2.75, 3.05) is 12.5 Å². The van der Waals surface area contributed by atoms with Crippen molar-refractivity contribution in [2.24, 2.45) is 5.84 Å². The average molecular weight is 257 g/mol. The minimum absolute atomic E-state index is 0.00871. The number of ether oxygens (including phenoxy) is 1. The molecule has 0 bridgehead atoms. The first kappa shape index (κ1) is 12.4. The van der Waals surface area contributed by atoms with Gasteiger partial charge in [-0.2, -0.15) is 0 Å². The molecule has 2 aromatic rings. The van der Waals surface area contributed by atoms with Crippen LogP contribution in [-0.2, 0) is 0 Å². The molecule has 1 aromatic heterocycles. The quantitative estimate of drug-likeness (QED) is 0.655. The molecular formula is C11H10F3N3O. The Morgan fingerprint density at radius 3 is 2.61 bits per heavy atom. The predicted molar refractivity (Wildman–Crippen MR) is 61.0 cm³/mol. The molecule has 0 fully saturated rings. The van der Waals surface area contributed by atoms with Crippen molar-refractivity contribution in [1.29, 1.82) is 0 Å². The Morgan fingerprint density at radius 2 is 2.06 bits per heavy atom. The standard InChI is InChI=1S/C11H10F3N3O/c1-18-10-2-5-7(3-6(10)12)16-9(11(13)14)4-8(5)17-15/h2-4,11H,15H2,1H3,(H,16,17). The first-order valence-electron chi connectivity index (χ1n) is 4.99. The summed E-state index contributed by atoms with van der Waals surface area (Å²) in [6.07, 6.45) is -2.76. The molecule has 3 N–H and O–H groups in total. The van der Waals surface area contributed by atoms with E-state index in [0.717, 1.165) is 12.1 Å². The van der Waals surface area contributed by atoms with E-state index in [1.807, 2.05) is 0 Å². The van der Waals surface area contributed by atoms with Crippen LogP contribution in [-0.4, -0.2) is 12.1 Å². The molecule has 0 spiro atoms. The summed E-state index contributed by atoms with van der Waals surface area (Å²) in [4.78, 5) is 3.68. The van der Waals surface area contributed by atoms with Gasteiger partial charge in [-0.15, -0.1) is 0 Å². The van der Waals surface area contributed by atoms with Gasteiger partial charge in [-0.3, -0.25) is 5.84 Å². The molecule has 0 saturated carbocycles. The molecule has 0 saturated heterocycles. The Balaban J connectivity index is 2.75. The third kappa shape index (κ3) is 2.04. The van der Waals surface area contributed by atoms with E-state index >= 15 is 0 Å². The van der Waals surface area contributed by atoms with Crippen molar-refractivity contribution in [2.45, 2.75) is 6.43 Å². The van der Waals surface area contributed by atoms with E-state index in [4.69, 9.17) is 10.6 Å². The summed E-state index contributed by atoms with van der Waals surface area (Å²) in [5.74, 6) is 4.57. The molecule has 0 atom stereocenters. The average Bonchev–Trinajstić information content (AvgIpc) is 2.36. The number of hydrogen-bond acceptors (Lipinski definition) is 4. The fourth-order valence-electron chi connectivity index (χ4n) is 1.64. The van der Waals surface area contributed by atoms with Gasteiger partial charge in [0.25, 0.3) is 6.43 Å². The number of hydrazine groups is 1. The Bertz CT molecular complexity index is 589. The number of aromatic nitrogens is 1. The number of halogens is 3. The fraction of sp³-hybridized carbons (Fsp3) is 0.182. The number of hydrogen-bond donors (Lipinski definition) is 2. The highest BCUT2D eigenvalue weighted by Gasteiger charge is 2.15. The minimum atomic E-state index is -2.76. The lowest BCUT2D eigenvalue weighted by molar-refractivity contribution is 0.146. The van der Waals surface area contributed by atoms with Crippen molar-refractivity contribution in [3.8, 4) is 5.75 Å². The lowest BCUT2D eigenvalue weighted by Crippen LogP contribution is -2.09. The van der Waals surface area contributed by atoms with E-state index in [1.165, 1.54) is 13.2 Å². The number of nitrogen functional groups attached to an aromatic ring is 1. The molecule has 0 aliphatic heterocycles. The van der Waals surface area contributed by atoms with Crippen LogP contribution >= 0.6 is 0 Å². The highest BCUT2D eigenvalue weighted by atomic mass is 19.3. The molecule has 0 unspecified atom stereocenters. The Hall–Kier alpha value is -2.02. The van der Waals surface area contributed by atoms with Gasteiger partial charge in [0.05, 0.1) is 18.3 Å². The molecule has 1 aromatic carbocycles. The lowest BCUT2D eigenvalue weighted by atomic mass is 10.1. The van der Waals surface area contributed by atoms with Crippen LogP contribution in [0.3, 0.4) is 0 Å². The molecule has 18 heavy (non-hydrogen) atoms. The molecule has 96 valence electrons. The zero-order valence-corrected chi connectivity index (χ0v) is 9.38. The molecule has 0 aliphatic carbocycles. The summed E-state index contributed by atoms with van der Waals surface area (Å²) in [5, 5.41) is 0.403. The molecule has 0 amide bonds. The van der Waals surface area contributed by atoms with Crippen molar-refractivity contribution in [3.05, 3.63) is 29.7 Å². The van der Waals surface area contributed by atoms with Crippen molar-refractivity contribution < 1.29 is 17.9 Å². The third-order valence-corrected chi connectivity index (χ3v) is 2.48. The predicted octanol–water partition coefficient (Wildman–Crippen LogP) is 2.61. The van der Waals surface area contributed by atoms with Crippen LogP contribution in [0.1, 0.15) is 12.1 Å². The van der Waals surface area contributed by atoms with Crippen LogP contribution in [0, 0.1) is 5.82 Å². The second-order valence-corrected chi connectivity index (χ2v) is 3.54. The molecule has 7 heteroatoms. The largest absolute Gasteiger partial charge is 0.494 e. The Labute approximate surface area is 101 Å². The summed E-state index contributed by atoms with van der Waals surface area (Å²) >= 11 is 0. The van der Waals surface area contributed by atoms with E-state index in [-0.39, 0.29) is 17.0 Å². The Morgan fingerprint density at radius 1 is 1.33 bits per heavy atom. The van der Waals surface area contributed by atoms with Crippen molar-refractivity contribution >= 4 is 16.6 Å². The van der Waals surface area contributed by atoms with Crippen LogP contribution in [0.2, 0.25) is 0 Å². The second-order valence-electron chi connectivity index (χ2n) is 3.54. The van der Waals surface area contributed by atoms with Gasteiger partial charge in [-0.05, 0) is 12.1 Å². The molecule has 1 heterocycles. The maximum absolute atomic E-state index is 13.5. The topological polar surface area (TPSA) is 60.2 Å². The van der Waals surface area contributed by atoms with E-state index in [0.29, 0.717) is 5.39 Å². The monoisotopic (exact) mass is 257 g/mol. The smallest absolute Gasteiger partial charge is 0.280 e. The molecule has 2 rings (SSSR count). The third-order valence-electron chi connectivity index (χ3n) is 2.48. The van der Waals surface area contributed by atoms with Gasteiger partial charge >= 0.3 is 0 Å². The summed E-state index contributed by atoms with van der Waals surface area (Å²) in [6.45, 7) is 0. The van der Waals surface area contributed by atoms with E-state index in [2.05, 4.69) is 10.4 Å². The van der Waals surface area contributed by atoms with Crippen LogP contribution < -0.4 is 16.0 Å². The van der Waals surface area contributed by atoms with Gasteiger partial charge in [0.1, 0.15) is 5.69 Å². The van der Waals surface area contributed by atoms with Crippen molar-refractivity contribution in [1.82, 2.24) is 4.98 Å². The van der Waals surface area contributed by atoms with E-state index in [1.54, 1.807) is 0 Å². The number of pyridine rings is 1. The number of rotatable bonds is 3. The van der Waals surface area contributed by atoms with E-state index < -0.39 is 17.9 Å². The van der Waals surface area contributed by atoms with Crippen LogP contribution in [0.15, 0.2) is 18.2 Å². The number of nitrogens with two attached hydrogens (primary N) is 1. The first-order chi connectivity index (χ1) is 8.56. The van der Waals surface area contributed by atoms with Gasteiger partial charge in [0.15, 0.2) is 11.6 Å². The first-order valence-corrected chi connectivity index (χ1v) is 4.99. The number of alkyl halides is 2. The zero-order valence-electron chi connectivity index (χ0n) is 9.38. The normalized spacial score (nSPS) is 11.0. The molecule has 0 radical (unpaired) electrons. The molecular weight excluding hydrogens is 247 g/mol. The maximum Gasteiger partial charge on any atom is 0.280 e. The fourth-order valence-corrected chi connectivity index (χ4v) is 1.64. The lowest BCUT2D eigenvalue weighted by Gasteiger charge is -2.10. The van der Waals surface area contributed by atoms with Gasteiger partial charge in [0, 0.05) is 11.5 Å². The van der Waals surface area contributed by atoms with Crippen molar-refractivity contribution in [3.63, 3.8) is 0 Å². The van der Waals surface area contributed by atoms with Crippen LogP contribution in [0.5, 0.6) is 5.75 Å². The van der Waals surface area contributed by atoms with Gasteiger partial charge in [-0.25, -0.2) is 18.2 Å². The minimum Gasteiger partial charge on any atom is -0.494 e. The summed E-state index contributed by atoms with van der Waals surface area (Å²) in [6, 6.07) is 3.49. The summed E-state index contributed by atoms with van der Waals surface area (Å²) < 4.78 is 43.5. The highest BCUT2D eigenvalue weighted by Crippen LogP contribution is 2.31. The number of nitrogens with zero attached hydrogens (tertiary/aromatic N) is 1. The van der Waals surface area contributed by atoms with Crippen LogP contribution in [0.25, 0.3) is 10.9 Å². The highest BCUT2D eigenvalue weighted by molar-refractivity contribution is 5.92.